The molecule has 0 fully saturated rings. The van der Waals surface area contributed by atoms with Gasteiger partial charge in [-0.05, 0) is 24.1 Å². The third-order valence-corrected chi connectivity index (χ3v) is 3.11. The van der Waals surface area contributed by atoms with Crippen LogP contribution in [0.5, 0.6) is 5.75 Å². The van der Waals surface area contributed by atoms with Crippen molar-refractivity contribution in [3.8, 4) is 5.75 Å². The fourth-order valence-corrected chi connectivity index (χ4v) is 1.96. The van der Waals surface area contributed by atoms with Crippen LogP contribution in [0.1, 0.15) is 5.56 Å². The van der Waals surface area contributed by atoms with Crippen LogP contribution in [0.25, 0.3) is 0 Å². The predicted octanol–water partition coefficient (Wildman–Crippen LogP) is 2.19. The molecular weight excluding hydrogens is 254 g/mol. The van der Waals surface area contributed by atoms with Gasteiger partial charge in [-0.3, -0.25) is 0 Å². The van der Waals surface area contributed by atoms with Crippen LogP contribution in [0.3, 0.4) is 0 Å². The summed E-state index contributed by atoms with van der Waals surface area (Å²) in [6.07, 6.45) is 4.70. The number of hydrogen-bond donors (Lipinski definition) is 1. The van der Waals surface area contributed by atoms with E-state index in [0.29, 0.717) is 6.61 Å². The van der Waals surface area contributed by atoms with Crippen molar-refractivity contribution in [3.05, 3.63) is 42.2 Å². The molecule has 0 atom stereocenters. The summed E-state index contributed by atoms with van der Waals surface area (Å²) in [7, 11) is 3.38. The molecule has 5 heteroatoms. The lowest BCUT2D eigenvalue weighted by Crippen LogP contribution is -2.12. The molecule has 1 aromatic heterocycles. The van der Waals surface area contributed by atoms with Crippen LogP contribution < -0.4 is 10.1 Å². The summed E-state index contributed by atoms with van der Waals surface area (Å²) in [4.78, 5) is 4.30. The molecule has 0 radical (unpaired) electrons. The molecule has 0 aliphatic heterocycles. The van der Waals surface area contributed by atoms with E-state index in [9.17, 15) is 0 Å². The first-order chi connectivity index (χ1) is 9.83. The first-order valence-electron chi connectivity index (χ1n) is 6.70. The minimum absolute atomic E-state index is 0.684. The summed E-state index contributed by atoms with van der Waals surface area (Å²) in [5.74, 6) is 1.77. The number of nitrogens with zero attached hydrogens (tertiary/aromatic N) is 2. The Kier molecular flexibility index (Phi) is 5.43. The molecule has 0 bridgehead atoms. The molecule has 1 aromatic carbocycles. The van der Waals surface area contributed by atoms with Gasteiger partial charge in [-0.15, -0.1) is 0 Å². The second kappa shape index (κ2) is 7.55. The lowest BCUT2D eigenvalue weighted by atomic mass is 10.1. The zero-order chi connectivity index (χ0) is 14.2. The summed E-state index contributed by atoms with van der Waals surface area (Å²) in [5.41, 5.74) is 1.27. The summed E-state index contributed by atoms with van der Waals surface area (Å²) < 4.78 is 12.3. The highest BCUT2D eigenvalue weighted by molar-refractivity contribution is 5.29. The van der Waals surface area contributed by atoms with Gasteiger partial charge in [0, 0.05) is 32.6 Å². The maximum absolute atomic E-state index is 5.14. The number of nitrogens with one attached hydrogen (secondary N) is 1. The third kappa shape index (κ3) is 3.99. The fourth-order valence-electron chi connectivity index (χ4n) is 1.96. The molecule has 0 aliphatic carbocycles. The molecule has 0 spiro atoms. The maximum Gasteiger partial charge on any atom is 0.202 e. The molecule has 1 N–H and O–H groups in total. The molecule has 2 aromatic rings. The Hall–Kier alpha value is -2.01. The number of anilines is 1. The highest BCUT2D eigenvalue weighted by atomic mass is 16.5. The average molecular weight is 275 g/mol. The van der Waals surface area contributed by atoms with Crippen molar-refractivity contribution in [3.63, 3.8) is 0 Å². The molecule has 20 heavy (non-hydrogen) atoms. The third-order valence-electron chi connectivity index (χ3n) is 3.11. The molecule has 0 saturated heterocycles. The number of benzene rings is 1. The van der Waals surface area contributed by atoms with E-state index >= 15 is 0 Å². The zero-order valence-corrected chi connectivity index (χ0v) is 12.0. The van der Waals surface area contributed by atoms with E-state index in [2.05, 4.69) is 27.0 Å². The van der Waals surface area contributed by atoms with E-state index in [4.69, 9.17) is 9.47 Å². The number of imidazole rings is 1. The van der Waals surface area contributed by atoms with Gasteiger partial charge >= 0.3 is 0 Å². The number of rotatable bonds is 8. The van der Waals surface area contributed by atoms with E-state index in [0.717, 1.165) is 31.2 Å². The Bertz CT molecular complexity index is 508. The SMILES string of the molecule is COCCn1ccnc1NCCc1ccc(OC)cc1. The van der Waals surface area contributed by atoms with Gasteiger partial charge in [-0.25, -0.2) is 4.98 Å². The van der Waals surface area contributed by atoms with E-state index in [1.54, 1.807) is 20.4 Å². The van der Waals surface area contributed by atoms with Crippen LogP contribution in [0, 0.1) is 0 Å². The van der Waals surface area contributed by atoms with Crippen molar-refractivity contribution >= 4 is 5.95 Å². The van der Waals surface area contributed by atoms with Gasteiger partial charge in [0.1, 0.15) is 5.75 Å². The Morgan fingerprint density at radius 2 is 2.00 bits per heavy atom. The van der Waals surface area contributed by atoms with Crippen LogP contribution in [0.15, 0.2) is 36.7 Å². The lowest BCUT2D eigenvalue weighted by molar-refractivity contribution is 0.187. The number of methoxy groups -OCH3 is 2. The molecule has 0 unspecified atom stereocenters. The van der Waals surface area contributed by atoms with Crippen molar-refractivity contribution in [1.82, 2.24) is 9.55 Å². The topological polar surface area (TPSA) is 48.3 Å². The smallest absolute Gasteiger partial charge is 0.202 e. The number of hydrogen-bond acceptors (Lipinski definition) is 4. The van der Waals surface area contributed by atoms with E-state index in [1.807, 2.05) is 18.3 Å². The predicted molar refractivity (Wildman–Crippen MR) is 79.3 cm³/mol. The molecule has 1 heterocycles. The van der Waals surface area contributed by atoms with Crippen molar-refractivity contribution in [1.29, 1.82) is 0 Å². The van der Waals surface area contributed by atoms with Crippen LogP contribution >= 0.6 is 0 Å². The van der Waals surface area contributed by atoms with Crippen LogP contribution in [0.4, 0.5) is 5.95 Å². The Balaban J connectivity index is 1.81. The highest BCUT2D eigenvalue weighted by Crippen LogP contribution is 2.12. The molecule has 0 amide bonds. The summed E-state index contributed by atoms with van der Waals surface area (Å²) in [6.45, 7) is 2.33. The fraction of sp³-hybridized carbons (Fsp3) is 0.400. The summed E-state index contributed by atoms with van der Waals surface area (Å²) in [6, 6.07) is 8.12. The average Bonchev–Trinajstić information content (AvgIpc) is 2.93. The van der Waals surface area contributed by atoms with Crippen LogP contribution in [-0.4, -0.2) is 36.9 Å². The molecule has 2 rings (SSSR count). The van der Waals surface area contributed by atoms with Gasteiger partial charge in [-0.2, -0.15) is 0 Å². The first-order valence-corrected chi connectivity index (χ1v) is 6.70. The maximum atomic E-state index is 5.14. The summed E-state index contributed by atoms with van der Waals surface area (Å²) >= 11 is 0. The second-order valence-corrected chi connectivity index (χ2v) is 4.46. The largest absolute Gasteiger partial charge is 0.497 e. The molecular formula is C15H21N3O2. The Labute approximate surface area is 119 Å². The minimum atomic E-state index is 0.684. The van der Waals surface area contributed by atoms with E-state index < -0.39 is 0 Å². The monoisotopic (exact) mass is 275 g/mol. The highest BCUT2D eigenvalue weighted by Gasteiger charge is 2.01. The van der Waals surface area contributed by atoms with Crippen molar-refractivity contribution < 1.29 is 9.47 Å². The number of aromatic nitrogens is 2. The normalized spacial score (nSPS) is 10.5. The molecule has 0 saturated carbocycles. The minimum Gasteiger partial charge on any atom is -0.497 e. The summed E-state index contributed by atoms with van der Waals surface area (Å²) in [5, 5.41) is 3.34. The van der Waals surface area contributed by atoms with Gasteiger partial charge in [0.25, 0.3) is 0 Å². The van der Waals surface area contributed by atoms with Crippen LogP contribution in [-0.2, 0) is 17.7 Å². The zero-order valence-electron chi connectivity index (χ0n) is 12.0. The Morgan fingerprint density at radius 1 is 1.20 bits per heavy atom. The van der Waals surface area contributed by atoms with Gasteiger partial charge in [-0.1, -0.05) is 12.1 Å². The van der Waals surface area contributed by atoms with Gasteiger partial charge in [0.15, 0.2) is 0 Å². The first kappa shape index (κ1) is 14.4. The van der Waals surface area contributed by atoms with Crippen molar-refractivity contribution in [2.75, 3.05) is 32.7 Å². The second-order valence-electron chi connectivity index (χ2n) is 4.46. The molecule has 0 aliphatic rings. The molecule has 5 nitrogen and oxygen atoms in total. The van der Waals surface area contributed by atoms with Gasteiger partial charge in [0.05, 0.1) is 13.7 Å². The standard InChI is InChI=1S/C15H21N3O2/c1-19-12-11-18-10-9-17-15(18)16-8-7-13-3-5-14(20-2)6-4-13/h3-6,9-10H,7-8,11-12H2,1-2H3,(H,16,17). The van der Waals surface area contributed by atoms with Gasteiger partial charge in [0.2, 0.25) is 5.95 Å². The quantitative estimate of drug-likeness (QED) is 0.802. The van der Waals surface area contributed by atoms with Crippen molar-refractivity contribution in [2.24, 2.45) is 0 Å². The van der Waals surface area contributed by atoms with Crippen LogP contribution in [0.2, 0.25) is 0 Å². The van der Waals surface area contributed by atoms with Gasteiger partial charge < -0.3 is 19.4 Å². The van der Waals surface area contributed by atoms with E-state index in [-0.39, 0.29) is 0 Å². The molecule has 108 valence electrons. The van der Waals surface area contributed by atoms with Crippen molar-refractivity contribution in [2.45, 2.75) is 13.0 Å². The Morgan fingerprint density at radius 3 is 2.70 bits per heavy atom. The van der Waals surface area contributed by atoms with E-state index in [1.165, 1.54) is 5.56 Å². The number of ether oxygens (including phenoxy) is 2. The lowest BCUT2D eigenvalue weighted by Gasteiger charge is -2.09.